The molecule has 1 N–H and O–H groups in total. The molecule has 2 aliphatic heterocycles. The van der Waals surface area contributed by atoms with Gasteiger partial charge >= 0.3 is 0 Å². The van der Waals surface area contributed by atoms with Crippen LogP contribution in [0.3, 0.4) is 0 Å². The molecule has 2 fully saturated rings. The number of hydrogen-bond acceptors (Lipinski definition) is 8. The van der Waals surface area contributed by atoms with Crippen LogP contribution in [0.4, 0.5) is 10.5 Å². The fraction of sp³-hybridized carbons (Fsp3) is 0.333. The third-order valence-electron chi connectivity index (χ3n) is 5.90. The lowest BCUT2D eigenvalue weighted by atomic mass is 10.2. The fourth-order valence-corrected chi connectivity index (χ4v) is 5.33. The van der Waals surface area contributed by atoms with Crippen molar-refractivity contribution in [2.75, 3.05) is 44.4 Å². The van der Waals surface area contributed by atoms with Crippen LogP contribution in [-0.2, 0) is 14.4 Å². The summed E-state index contributed by atoms with van der Waals surface area (Å²) < 4.78 is 11.4. The largest absolute Gasteiger partial charge is 0.490 e. The van der Waals surface area contributed by atoms with Gasteiger partial charge in [-0.3, -0.25) is 24.1 Å². The molecule has 2 aromatic rings. The summed E-state index contributed by atoms with van der Waals surface area (Å²) in [5, 5.41) is 2.22. The molecule has 11 heteroatoms. The average molecular weight is 556 g/mol. The first-order valence-corrected chi connectivity index (χ1v) is 14.3. The van der Waals surface area contributed by atoms with Crippen LogP contribution in [0.25, 0.3) is 6.08 Å². The molecule has 2 aromatic carbocycles. The summed E-state index contributed by atoms with van der Waals surface area (Å²) in [4.78, 5) is 54.2. The monoisotopic (exact) mass is 555 g/mol. The minimum absolute atomic E-state index is 0.0660. The van der Waals surface area contributed by atoms with Gasteiger partial charge in [0.1, 0.15) is 6.54 Å². The zero-order valence-corrected chi connectivity index (χ0v) is 22.9. The van der Waals surface area contributed by atoms with Gasteiger partial charge in [-0.1, -0.05) is 12.1 Å². The predicted molar refractivity (Wildman–Crippen MR) is 148 cm³/mol. The van der Waals surface area contributed by atoms with E-state index in [0.717, 1.165) is 47.5 Å². The number of amides is 4. The highest BCUT2D eigenvalue weighted by atomic mass is 32.2. The van der Waals surface area contributed by atoms with E-state index in [4.69, 9.17) is 9.47 Å². The molecule has 0 aliphatic carbocycles. The fourth-order valence-electron chi connectivity index (χ4n) is 4.03. The first-order chi connectivity index (χ1) is 18.4. The molecule has 200 valence electrons. The van der Waals surface area contributed by atoms with Gasteiger partial charge in [0.15, 0.2) is 18.1 Å². The molecule has 38 heavy (non-hydrogen) atoms. The summed E-state index contributed by atoms with van der Waals surface area (Å²) in [5.41, 5.74) is 1.22. The zero-order chi connectivity index (χ0) is 27.1. The van der Waals surface area contributed by atoms with Gasteiger partial charge in [0.25, 0.3) is 17.1 Å². The van der Waals surface area contributed by atoms with Crippen molar-refractivity contribution in [1.29, 1.82) is 0 Å². The summed E-state index contributed by atoms with van der Waals surface area (Å²) in [6.45, 7) is 3.25. The summed E-state index contributed by atoms with van der Waals surface area (Å²) in [5.74, 6) is -0.213. The van der Waals surface area contributed by atoms with Crippen molar-refractivity contribution < 1.29 is 28.7 Å². The van der Waals surface area contributed by atoms with Crippen molar-refractivity contribution in [3.05, 3.63) is 52.9 Å². The van der Waals surface area contributed by atoms with Crippen LogP contribution < -0.4 is 14.8 Å². The molecule has 0 unspecified atom stereocenters. The Hall–Kier alpha value is -3.44. The number of imide groups is 1. The Morgan fingerprint density at radius 3 is 2.61 bits per heavy atom. The van der Waals surface area contributed by atoms with E-state index in [0.29, 0.717) is 29.4 Å². The van der Waals surface area contributed by atoms with Crippen LogP contribution in [0.5, 0.6) is 11.5 Å². The Morgan fingerprint density at radius 2 is 1.87 bits per heavy atom. The third-order valence-corrected chi connectivity index (χ3v) is 7.54. The van der Waals surface area contributed by atoms with Crippen LogP contribution >= 0.6 is 23.5 Å². The quantitative estimate of drug-likeness (QED) is 0.338. The minimum Gasteiger partial charge on any atom is -0.490 e. The standard InChI is InChI=1S/C27H29N3O6S2/c1-3-35-22-13-18(9-10-21(22)36-17-25(32)29-11-4-5-12-29)14-23-26(33)30(27(34)38-23)16-24(31)28-19-7-6-8-20(15-19)37-2/h6-10,13-15H,3-5,11-12,16-17H2,1-2H3,(H,28,31)/b23-14-. The van der Waals surface area contributed by atoms with Crippen LogP contribution in [-0.4, -0.2) is 71.9 Å². The topological polar surface area (TPSA) is 105 Å². The number of nitrogens with one attached hydrogen (secondary N) is 1. The van der Waals surface area contributed by atoms with E-state index in [1.807, 2.05) is 31.4 Å². The van der Waals surface area contributed by atoms with Gasteiger partial charge < -0.3 is 19.7 Å². The highest BCUT2D eigenvalue weighted by molar-refractivity contribution is 8.18. The Bertz CT molecular complexity index is 1260. The van der Waals surface area contributed by atoms with E-state index in [1.165, 1.54) is 0 Å². The summed E-state index contributed by atoms with van der Waals surface area (Å²) in [7, 11) is 0. The van der Waals surface area contributed by atoms with E-state index in [2.05, 4.69) is 5.32 Å². The molecular formula is C27H29N3O6S2. The normalized spacial score (nSPS) is 16.3. The molecule has 2 aliphatic rings. The molecule has 4 rings (SSSR count). The second-order valence-electron chi connectivity index (χ2n) is 8.56. The molecule has 0 bridgehead atoms. The van der Waals surface area contributed by atoms with Gasteiger partial charge in [0.2, 0.25) is 5.91 Å². The van der Waals surface area contributed by atoms with Crippen LogP contribution in [0.1, 0.15) is 25.3 Å². The summed E-state index contributed by atoms with van der Waals surface area (Å²) in [6.07, 6.45) is 5.52. The highest BCUT2D eigenvalue weighted by Crippen LogP contribution is 2.35. The van der Waals surface area contributed by atoms with Gasteiger partial charge in [0, 0.05) is 23.7 Å². The maximum Gasteiger partial charge on any atom is 0.294 e. The second kappa shape index (κ2) is 12.9. The number of thioether (sulfide) groups is 2. The first kappa shape index (κ1) is 27.6. The Morgan fingerprint density at radius 1 is 1.08 bits per heavy atom. The molecule has 0 aromatic heterocycles. The van der Waals surface area contributed by atoms with E-state index < -0.39 is 17.1 Å². The second-order valence-corrected chi connectivity index (χ2v) is 10.4. The number of benzene rings is 2. The lowest BCUT2D eigenvalue weighted by Gasteiger charge is -2.17. The number of likely N-dealkylation sites (tertiary alicyclic amines) is 1. The average Bonchev–Trinajstić information content (AvgIpc) is 3.53. The van der Waals surface area contributed by atoms with Crippen LogP contribution in [0.15, 0.2) is 52.3 Å². The minimum atomic E-state index is -0.539. The molecule has 2 saturated heterocycles. The number of rotatable bonds is 10. The first-order valence-electron chi connectivity index (χ1n) is 12.2. The maximum atomic E-state index is 12.9. The number of nitrogens with zero attached hydrogens (tertiary/aromatic N) is 2. The highest BCUT2D eigenvalue weighted by Gasteiger charge is 2.36. The molecule has 9 nitrogen and oxygen atoms in total. The summed E-state index contributed by atoms with van der Waals surface area (Å²) in [6, 6.07) is 12.4. The summed E-state index contributed by atoms with van der Waals surface area (Å²) >= 11 is 2.32. The van der Waals surface area contributed by atoms with Crippen molar-refractivity contribution in [3.63, 3.8) is 0 Å². The van der Waals surface area contributed by atoms with E-state index >= 15 is 0 Å². The number of carbonyl (C=O) groups is 4. The lowest BCUT2D eigenvalue weighted by Crippen LogP contribution is -2.36. The van der Waals surface area contributed by atoms with Crippen molar-refractivity contribution in [2.24, 2.45) is 0 Å². The Balaban J connectivity index is 1.41. The Kier molecular flexibility index (Phi) is 9.35. The molecule has 0 radical (unpaired) electrons. The van der Waals surface area contributed by atoms with E-state index in [9.17, 15) is 19.2 Å². The molecule has 2 heterocycles. The SMILES string of the molecule is CCOc1cc(/C=C2\SC(=O)N(CC(=O)Nc3cccc(SC)c3)C2=O)ccc1OCC(=O)N1CCCC1. The van der Waals surface area contributed by atoms with Gasteiger partial charge in [-0.25, -0.2) is 0 Å². The van der Waals surface area contributed by atoms with Gasteiger partial charge in [-0.15, -0.1) is 11.8 Å². The number of carbonyl (C=O) groups excluding carboxylic acids is 4. The van der Waals surface area contributed by atoms with E-state index in [1.54, 1.807) is 47.0 Å². The molecule has 0 spiro atoms. The number of anilines is 1. The van der Waals surface area contributed by atoms with Crippen molar-refractivity contribution in [3.8, 4) is 11.5 Å². The number of ether oxygens (including phenoxy) is 2. The zero-order valence-electron chi connectivity index (χ0n) is 21.2. The van der Waals surface area contributed by atoms with E-state index in [-0.39, 0.29) is 24.0 Å². The van der Waals surface area contributed by atoms with Gasteiger partial charge in [0.05, 0.1) is 11.5 Å². The van der Waals surface area contributed by atoms with Crippen LogP contribution in [0.2, 0.25) is 0 Å². The van der Waals surface area contributed by atoms with Crippen molar-refractivity contribution in [2.45, 2.75) is 24.7 Å². The predicted octanol–water partition coefficient (Wildman–Crippen LogP) is 4.48. The maximum absolute atomic E-state index is 12.9. The van der Waals surface area contributed by atoms with Gasteiger partial charge in [-0.2, -0.15) is 0 Å². The lowest BCUT2D eigenvalue weighted by molar-refractivity contribution is -0.132. The van der Waals surface area contributed by atoms with Crippen molar-refractivity contribution in [1.82, 2.24) is 9.80 Å². The molecule has 4 amide bonds. The molecular weight excluding hydrogens is 526 g/mol. The van der Waals surface area contributed by atoms with Crippen LogP contribution in [0, 0.1) is 0 Å². The van der Waals surface area contributed by atoms with Crippen molar-refractivity contribution >= 4 is 58.2 Å². The smallest absolute Gasteiger partial charge is 0.294 e. The van der Waals surface area contributed by atoms with Gasteiger partial charge in [-0.05, 0) is 79.8 Å². The molecule has 0 saturated carbocycles. The Labute approximate surface area is 229 Å². The third kappa shape index (κ3) is 6.90. The number of hydrogen-bond donors (Lipinski definition) is 1. The molecule has 0 atom stereocenters.